The van der Waals surface area contributed by atoms with Gasteiger partial charge in [0.15, 0.2) is 0 Å². The summed E-state index contributed by atoms with van der Waals surface area (Å²) in [5, 5.41) is 8.67. The Morgan fingerprint density at radius 2 is 2.00 bits per heavy atom. The molecule has 0 N–H and O–H groups in total. The van der Waals surface area contributed by atoms with Crippen LogP contribution in [0.15, 0.2) is 40.8 Å². The first kappa shape index (κ1) is 11.9. The van der Waals surface area contributed by atoms with Crippen molar-refractivity contribution in [2.75, 3.05) is 0 Å². The SMILES string of the molecule is CC(=O)OCc1ccc(-c2ccc(C#N)o2)cc1. The van der Waals surface area contributed by atoms with Crippen LogP contribution in [0.5, 0.6) is 0 Å². The highest BCUT2D eigenvalue weighted by molar-refractivity contribution is 5.66. The molecule has 1 heterocycles. The molecule has 90 valence electrons. The Labute approximate surface area is 104 Å². The Morgan fingerprint density at radius 3 is 2.56 bits per heavy atom. The minimum Gasteiger partial charge on any atom is -0.461 e. The first-order valence-corrected chi connectivity index (χ1v) is 5.41. The minimum atomic E-state index is -0.302. The summed E-state index contributed by atoms with van der Waals surface area (Å²) in [4.78, 5) is 10.7. The molecule has 1 aromatic heterocycles. The van der Waals surface area contributed by atoms with Gasteiger partial charge in [0.2, 0.25) is 5.76 Å². The summed E-state index contributed by atoms with van der Waals surface area (Å²) >= 11 is 0. The number of nitrogens with zero attached hydrogens (tertiary/aromatic N) is 1. The summed E-state index contributed by atoms with van der Waals surface area (Å²) < 4.78 is 10.2. The quantitative estimate of drug-likeness (QED) is 0.775. The van der Waals surface area contributed by atoms with Crippen LogP contribution in [0.4, 0.5) is 0 Å². The van der Waals surface area contributed by atoms with Crippen LogP contribution < -0.4 is 0 Å². The van der Waals surface area contributed by atoms with Crippen molar-refractivity contribution in [3.05, 3.63) is 47.7 Å². The van der Waals surface area contributed by atoms with Gasteiger partial charge < -0.3 is 9.15 Å². The molecular weight excluding hydrogens is 230 g/mol. The van der Waals surface area contributed by atoms with Crippen LogP contribution in [0.3, 0.4) is 0 Å². The highest BCUT2D eigenvalue weighted by Crippen LogP contribution is 2.22. The number of furan rings is 1. The third kappa shape index (κ3) is 2.77. The molecule has 0 aliphatic rings. The zero-order chi connectivity index (χ0) is 13.0. The second-order valence-electron chi connectivity index (χ2n) is 3.75. The summed E-state index contributed by atoms with van der Waals surface area (Å²) in [6, 6.07) is 12.7. The molecule has 4 heteroatoms. The lowest BCUT2D eigenvalue weighted by atomic mass is 10.1. The Balaban J connectivity index is 2.12. The fourth-order valence-electron chi connectivity index (χ4n) is 1.50. The maximum atomic E-state index is 10.7. The highest BCUT2D eigenvalue weighted by Gasteiger charge is 2.04. The van der Waals surface area contributed by atoms with Crippen LogP contribution in [0.25, 0.3) is 11.3 Å². The van der Waals surface area contributed by atoms with Crippen LogP contribution in [0.1, 0.15) is 18.2 Å². The molecule has 18 heavy (non-hydrogen) atoms. The molecule has 0 amide bonds. The summed E-state index contributed by atoms with van der Waals surface area (Å²) in [6.45, 7) is 1.64. The number of hydrogen-bond acceptors (Lipinski definition) is 4. The van der Waals surface area contributed by atoms with E-state index in [0.29, 0.717) is 5.76 Å². The van der Waals surface area contributed by atoms with Gasteiger partial charge in [-0.3, -0.25) is 4.79 Å². The van der Waals surface area contributed by atoms with Crippen molar-refractivity contribution in [3.8, 4) is 17.4 Å². The molecule has 0 bridgehead atoms. The number of benzene rings is 1. The Bertz CT molecular complexity index is 590. The lowest BCUT2D eigenvalue weighted by molar-refractivity contribution is -0.142. The monoisotopic (exact) mass is 241 g/mol. The van der Waals surface area contributed by atoms with E-state index >= 15 is 0 Å². The van der Waals surface area contributed by atoms with Crippen molar-refractivity contribution in [2.24, 2.45) is 0 Å². The molecule has 0 aliphatic carbocycles. The summed E-state index contributed by atoms with van der Waals surface area (Å²) in [5.41, 5.74) is 1.78. The van der Waals surface area contributed by atoms with Gasteiger partial charge in [-0.1, -0.05) is 24.3 Å². The lowest BCUT2D eigenvalue weighted by Crippen LogP contribution is -1.98. The number of rotatable bonds is 3. The molecule has 0 atom stereocenters. The fourth-order valence-corrected chi connectivity index (χ4v) is 1.50. The maximum absolute atomic E-state index is 10.7. The number of carbonyl (C=O) groups excluding carboxylic acids is 1. The third-order valence-electron chi connectivity index (χ3n) is 2.40. The fraction of sp³-hybridized carbons (Fsp3) is 0.143. The molecule has 0 unspecified atom stereocenters. The van der Waals surface area contributed by atoms with E-state index < -0.39 is 0 Å². The first-order valence-electron chi connectivity index (χ1n) is 5.41. The van der Waals surface area contributed by atoms with Crippen LogP contribution in [0, 0.1) is 11.3 Å². The van der Waals surface area contributed by atoms with Crippen molar-refractivity contribution in [1.29, 1.82) is 5.26 Å². The molecular formula is C14H11NO3. The predicted octanol–water partition coefficient (Wildman–Crippen LogP) is 2.88. The zero-order valence-electron chi connectivity index (χ0n) is 9.84. The summed E-state index contributed by atoms with van der Waals surface area (Å²) in [7, 11) is 0. The van der Waals surface area contributed by atoms with Crippen LogP contribution in [0.2, 0.25) is 0 Å². The summed E-state index contributed by atoms with van der Waals surface area (Å²) in [5.74, 6) is 0.628. The van der Waals surface area contributed by atoms with Crippen molar-refractivity contribution in [3.63, 3.8) is 0 Å². The average molecular weight is 241 g/mol. The van der Waals surface area contributed by atoms with Gasteiger partial charge in [-0.2, -0.15) is 5.26 Å². The van der Waals surface area contributed by atoms with Crippen molar-refractivity contribution >= 4 is 5.97 Å². The van der Waals surface area contributed by atoms with E-state index in [-0.39, 0.29) is 18.3 Å². The van der Waals surface area contributed by atoms with Crippen LogP contribution in [-0.2, 0) is 16.1 Å². The number of hydrogen-bond donors (Lipinski definition) is 0. The van der Waals surface area contributed by atoms with Crippen molar-refractivity contribution in [2.45, 2.75) is 13.5 Å². The Kier molecular flexibility index (Phi) is 3.44. The van der Waals surface area contributed by atoms with E-state index in [0.717, 1.165) is 11.1 Å². The van der Waals surface area contributed by atoms with Crippen LogP contribution >= 0.6 is 0 Å². The van der Waals surface area contributed by atoms with Crippen LogP contribution in [-0.4, -0.2) is 5.97 Å². The topological polar surface area (TPSA) is 63.2 Å². The number of ether oxygens (including phenoxy) is 1. The van der Waals surface area contributed by atoms with Gasteiger partial charge in [0.25, 0.3) is 0 Å². The number of nitriles is 1. The number of esters is 1. The van der Waals surface area contributed by atoms with Gasteiger partial charge in [0.05, 0.1) is 0 Å². The molecule has 0 saturated heterocycles. The van der Waals surface area contributed by atoms with E-state index in [4.69, 9.17) is 14.4 Å². The second-order valence-corrected chi connectivity index (χ2v) is 3.75. The standard InChI is InChI=1S/C14H11NO3/c1-10(16)17-9-11-2-4-12(5-3-11)14-7-6-13(8-15)18-14/h2-7H,9H2,1H3. The second kappa shape index (κ2) is 5.19. The smallest absolute Gasteiger partial charge is 0.302 e. The highest BCUT2D eigenvalue weighted by atomic mass is 16.5. The largest absolute Gasteiger partial charge is 0.461 e. The number of carbonyl (C=O) groups is 1. The molecule has 0 aliphatic heterocycles. The Morgan fingerprint density at radius 1 is 1.28 bits per heavy atom. The van der Waals surface area contributed by atoms with Gasteiger partial charge in [-0.25, -0.2) is 0 Å². The van der Waals surface area contributed by atoms with E-state index in [2.05, 4.69) is 0 Å². The van der Waals surface area contributed by atoms with Crippen molar-refractivity contribution < 1.29 is 13.9 Å². The van der Waals surface area contributed by atoms with Gasteiger partial charge in [0, 0.05) is 12.5 Å². The summed E-state index contributed by atoms with van der Waals surface area (Å²) in [6.07, 6.45) is 0. The van der Waals surface area contributed by atoms with E-state index in [1.54, 1.807) is 12.1 Å². The Hall–Kier alpha value is -2.54. The molecule has 2 aromatic rings. The van der Waals surface area contributed by atoms with E-state index in [9.17, 15) is 4.79 Å². The maximum Gasteiger partial charge on any atom is 0.302 e. The molecule has 0 saturated carbocycles. The average Bonchev–Trinajstić information content (AvgIpc) is 2.85. The first-order chi connectivity index (χ1) is 8.69. The lowest BCUT2D eigenvalue weighted by Gasteiger charge is -2.03. The van der Waals surface area contributed by atoms with E-state index in [1.165, 1.54) is 6.92 Å². The van der Waals surface area contributed by atoms with Gasteiger partial charge in [-0.15, -0.1) is 0 Å². The molecule has 4 nitrogen and oxygen atoms in total. The normalized spacial score (nSPS) is 9.78. The minimum absolute atomic E-state index is 0.261. The van der Waals surface area contributed by atoms with Gasteiger partial charge in [0.1, 0.15) is 18.4 Å². The predicted molar refractivity (Wildman–Crippen MR) is 64.3 cm³/mol. The van der Waals surface area contributed by atoms with Gasteiger partial charge >= 0.3 is 5.97 Å². The van der Waals surface area contributed by atoms with E-state index in [1.807, 2.05) is 30.3 Å². The zero-order valence-corrected chi connectivity index (χ0v) is 9.84. The van der Waals surface area contributed by atoms with Gasteiger partial charge in [-0.05, 0) is 17.7 Å². The molecule has 0 radical (unpaired) electrons. The molecule has 1 aromatic carbocycles. The molecule has 0 fully saturated rings. The third-order valence-corrected chi connectivity index (χ3v) is 2.40. The molecule has 2 rings (SSSR count). The molecule has 0 spiro atoms. The van der Waals surface area contributed by atoms with Crippen molar-refractivity contribution in [1.82, 2.24) is 0 Å².